The van der Waals surface area contributed by atoms with Crippen molar-refractivity contribution in [2.45, 2.75) is 77.9 Å². The molecule has 1 N–H and O–H groups in total. The van der Waals surface area contributed by atoms with Gasteiger partial charge in [0.25, 0.3) is 0 Å². The van der Waals surface area contributed by atoms with Crippen LogP contribution in [0.2, 0.25) is 5.02 Å². The molecule has 0 aromatic heterocycles. The van der Waals surface area contributed by atoms with Crippen molar-refractivity contribution in [2.24, 2.45) is 0 Å². The van der Waals surface area contributed by atoms with Gasteiger partial charge in [0.2, 0.25) is 11.8 Å². The van der Waals surface area contributed by atoms with Gasteiger partial charge in [-0.2, -0.15) is 0 Å². The van der Waals surface area contributed by atoms with Gasteiger partial charge in [0.15, 0.2) is 11.5 Å². The summed E-state index contributed by atoms with van der Waals surface area (Å²) in [5.74, 6) is 1.17. The van der Waals surface area contributed by atoms with E-state index in [0.29, 0.717) is 36.2 Å². The molecule has 1 unspecified atom stereocenters. The lowest BCUT2D eigenvalue weighted by Gasteiger charge is -2.30. The van der Waals surface area contributed by atoms with Crippen molar-refractivity contribution in [1.29, 1.82) is 0 Å². The Kier molecular flexibility index (Phi) is 10.3. The average Bonchev–Trinajstić information content (AvgIpc) is 3.36. The molecule has 2 amide bonds. The summed E-state index contributed by atoms with van der Waals surface area (Å²) in [6.07, 6.45) is 5.06. The van der Waals surface area contributed by atoms with Crippen LogP contribution >= 0.6 is 11.6 Å². The summed E-state index contributed by atoms with van der Waals surface area (Å²) in [4.78, 5) is 28.1. The van der Waals surface area contributed by atoms with Crippen LogP contribution in [-0.4, -0.2) is 42.0 Å². The molecule has 0 saturated heterocycles. The zero-order valence-electron chi connectivity index (χ0n) is 21.0. The van der Waals surface area contributed by atoms with E-state index in [1.54, 1.807) is 17.9 Å². The van der Waals surface area contributed by atoms with E-state index in [4.69, 9.17) is 21.1 Å². The second kappa shape index (κ2) is 13.4. The van der Waals surface area contributed by atoms with Crippen LogP contribution in [0.4, 0.5) is 0 Å². The number of hydrogen-bond donors (Lipinski definition) is 1. The van der Waals surface area contributed by atoms with Crippen LogP contribution < -0.4 is 14.8 Å². The van der Waals surface area contributed by atoms with Crippen molar-refractivity contribution in [2.75, 3.05) is 13.2 Å². The number of nitrogens with one attached hydrogen (secondary N) is 1. The molecule has 3 rings (SSSR count). The highest BCUT2D eigenvalue weighted by Gasteiger charge is 2.28. The Hall–Kier alpha value is -2.73. The number of aryl methyl sites for hydroxylation is 1. The average molecular weight is 501 g/mol. The number of carbonyl (C=O) groups is 2. The fourth-order valence-electron chi connectivity index (χ4n) is 4.43. The minimum absolute atomic E-state index is 0.0918. The molecule has 7 heteroatoms. The summed E-state index contributed by atoms with van der Waals surface area (Å²) >= 11 is 6.39. The topological polar surface area (TPSA) is 67.9 Å². The van der Waals surface area contributed by atoms with Crippen molar-refractivity contribution in [3.8, 4) is 11.5 Å². The summed E-state index contributed by atoms with van der Waals surface area (Å²) in [5, 5.41) is 3.72. The maximum atomic E-state index is 13.4. The number of amides is 2. The van der Waals surface area contributed by atoms with E-state index >= 15 is 0 Å². The molecule has 1 fully saturated rings. The number of hydrogen-bond acceptors (Lipinski definition) is 4. The fourth-order valence-corrected chi connectivity index (χ4v) is 4.63. The molecule has 190 valence electrons. The molecule has 1 aliphatic rings. The molecule has 1 atom stereocenters. The zero-order chi connectivity index (χ0) is 25.2. The first-order valence-electron chi connectivity index (χ1n) is 12.6. The van der Waals surface area contributed by atoms with Gasteiger partial charge in [-0.15, -0.1) is 0 Å². The molecule has 35 heavy (non-hydrogen) atoms. The molecule has 2 aromatic rings. The summed E-state index contributed by atoms with van der Waals surface area (Å²) in [6, 6.07) is 12.8. The normalized spacial score (nSPS) is 14.4. The molecule has 2 aromatic carbocycles. The Bertz CT molecular complexity index is 991. The van der Waals surface area contributed by atoms with Crippen molar-refractivity contribution in [3.63, 3.8) is 0 Å². The van der Waals surface area contributed by atoms with Crippen LogP contribution in [-0.2, 0) is 22.6 Å². The van der Waals surface area contributed by atoms with Crippen LogP contribution in [0.1, 0.15) is 64.0 Å². The van der Waals surface area contributed by atoms with Gasteiger partial charge in [-0.3, -0.25) is 9.59 Å². The first-order chi connectivity index (χ1) is 16.9. The largest absolute Gasteiger partial charge is 0.490 e. The molecule has 6 nitrogen and oxygen atoms in total. The molecular formula is C28H37ClN2O4. The van der Waals surface area contributed by atoms with E-state index in [1.165, 1.54) is 0 Å². The maximum absolute atomic E-state index is 13.4. The third-order valence-corrected chi connectivity index (χ3v) is 6.77. The summed E-state index contributed by atoms with van der Waals surface area (Å²) in [7, 11) is 0. The highest BCUT2D eigenvalue weighted by molar-refractivity contribution is 6.31. The van der Waals surface area contributed by atoms with Gasteiger partial charge in [0.05, 0.1) is 13.2 Å². The summed E-state index contributed by atoms with van der Waals surface area (Å²) < 4.78 is 11.4. The Morgan fingerprint density at radius 1 is 1.06 bits per heavy atom. The molecule has 0 heterocycles. The monoisotopic (exact) mass is 500 g/mol. The van der Waals surface area contributed by atoms with Crippen LogP contribution in [0.15, 0.2) is 42.5 Å². The third-order valence-electron chi connectivity index (χ3n) is 6.40. The Labute approximate surface area is 213 Å². The van der Waals surface area contributed by atoms with Crippen LogP contribution in [0.5, 0.6) is 11.5 Å². The Balaban J connectivity index is 1.73. The maximum Gasteiger partial charge on any atom is 0.242 e. The predicted molar refractivity (Wildman–Crippen MR) is 139 cm³/mol. The fraction of sp³-hybridized carbons (Fsp3) is 0.500. The number of halogens is 1. The smallest absolute Gasteiger partial charge is 0.242 e. The van der Waals surface area contributed by atoms with Gasteiger partial charge < -0.3 is 19.7 Å². The zero-order valence-corrected chi connectivity index (χ0v) is 21.8. The summed E-state index contributed by atoms with van der Waals surface area (Å²) in [5.41, 5.74) is 1.80. The van der Waals surface area contributed by atoms with E-state index in [-0.39, 0.29) is 30.8 Å². The predicted octanol–water partition coefficient (Wildman–Crippen LogP) is 5.55. The number of carbonyl (C=O) groups excluding carboxylic acids is 2. The van der Waals surface area contributed by atoms with Crippen LogP contribution in [0, 0.1) is 0 Å². The number of benzene rings is 2. The summed E-state index contributed by atoms with van der Waals surface area (Å²) in [6.45, 7) is 7.02. The molecule has 0 bridgehead atoms. The van der Waals surface area contributed by atoms with E-state index in [2.05, 4.69) is 5.32 Å². The lowest BCUT2D eigenvalue weighted by atomic mass is 10.1. The third kappa shape index (κ3) is 7.63. The number of rotatable bonds is 12. The van der Waals surface area contributed by atoms with E-state index in [1.807, 2.05) is 50.2 Å². The van der Waals surface area contributed by atoms with Gasteiger partial charge in [-0.05, 0) is 69.4 Å². The van der Waals surface area contributed by atoms with Crippen molar-refractivity contribution < 1.29 is 19.1 Å². The Morgan fingerprint density at radius 3 is 2.43 bits per heavy atom. The lowest BCUT2D eigenvalue weighted by Crippen LogP contribution is -2.49. The minimum Gasteiger partial charge on any atom is -0.490 e. The first-order valence-corrected chi connectivity index (χ1v) is 13.0. The second-order valence-electron chi connectivity index (χ2n) is 8.93. The van der Waals surface area contributed by atoms with Crippen LogP contribution in [0.3, 0.4) is 0 Å². The second-order valence-corrected chi connectivity index (χ2v) is 9.33. The van der Waals surface area contributed by atoms with Gasteiger partial charge in [0, 0.05) is 24.0 Å². The lowest BCUT2D eigenvalue weighted by molar-refractivity contribution is -0.140. The Morgan fingerprint density at radius 2 is 1.74 bits per heavy atom. The SMILES string of the molecule is CCOc1ccc(CCC(=O)N(Cc2ccccc2Cl)C(C)C(=O)NC2CCCC2)cc1OCC. The minimum atomic E-state index is -0.598. The van der Waals surface area contributed by atoms with Crippen molar-refractivity contribution in [1.82, 2.24) is 10.2 Å². The van der Waals surface area contributed by atoms with Crippen LogP contribution in [0.25, 0.3) is 0 Å². The van der Waals surface area contributed by atoms with Gasteiger partial charge >= 0.3 is 0 Å². The molecule has 0 radical (unpaired) electrons. The van der Waals surface area contributed by atoms with Gasteiger partial charge in [-0.25, -0.2) is 0 Å². The van der Waals surface area contributed by atoms with Crippen molar-refractivity contribution >= 4 is 23.4 Å². The number of nitrogens with zero attached hydrogens (tertiary/aromatic N) is 1. The standard InChI is InChI=1S/C28H37ClN2O4/c1-4-34-25-16-14-21(18-26(25)35-5-2)15-17-27(32)31(19-22-10-6-9-13-24(22)29)20(3)28(33)30-23-11-7-8-12-23/h6,9-10,13-14,16,18,20,23H,4-5,7-8,11-12,15,17,19H2,1-3H3,(H,30,33). The highest BCUT2D eigenvalue weighted by atomic mass is 35.5. The highest BCUT2D eigenvalue weighted by Crippen LogP contribution is 2.29. The van der Waals surface area contributed by atoms with E-state index in [9.17, 15) is 9.59 Å². The first kappa shape index (κ1) is 26.9. The van der Waals surface area contributed by atoms with E-state index in [0.717, 1.165) is 36.8 Å². The molecule has 1 aliphatic carbocycles. The van der Waals surface area contributed by atoms with Gasteiger partial charge in [-0.1, -0.05) is 48.7 Å². The number of ether oxygens (including phenoxy) is 2. The van der Waals surface area contributed by atoms with Crippen molar-refractivity contribution in [3.05, 3.63) is 58.6 Å². The molecule has 0 aliphatic heterocycles. The quantitative estimate of drug-likeness (QED) is 0.415. The molecular weight excluding hydrogens is 464 g/mol. The van der Waals surface area contributed by atoms with Gasteiger partial charge in [0.1, 0.15) is 6.04 Å². The molecule has 1 saturated carbocycles. The molecule has 0 spiro atoms. The van der Waals surface area contributed by atoms with E-state index < -0.39 is 6.04 Å².